The van der Waals surface area contributed by atoms with E-state index in [1.165, 1.54) is 0 Å². The van der Waals surface area contributed by atoms with Gasteiger partial charge in [0.15, 0.2) is 0 Å². The number of fused-ring (bicyclic) bond motifs is 1. The van der Waals surface area contributed by atoms with Gasteiger partial charge in [0.2, 0.25) is 0 Å². The number of urea groups is 1. The van der Waals surface area contributed by atoms with E-state index in [1.54, 1.807) is 43.5 Å². The van der Waals surface area contributed by atoms with Crippen molar-refractivity contribution >= 4 is 17.6 Å². The summed E-state index contributed by atoms with van der Waals surface area (Å²) >= 11 is 0. The van der Waals surface area contributed by atoms with E-state index < -0.39 is 0 Å². The van der Waals surface area contributed by atoms with Crippen LogP contribution in [0, 0.1) is 5.92 Å². The molecule has 3 amide bonds. The molecular weight excluding hydrogens is 458 g/mol. The van der Waals surface area contributed by atoms with Crippen molar-refractivity contribution in [1.29, 1.82) is 0 Å². The Morgan fingerprint density at radius 2 is 2.03 bits per heavy atom. The maximum atomic E-state index is 13.5. The molecule has 3 atom stereocenters. The molecule has 3 rings (SSSR count). The van der Waals surface area contributed by atoms with Crippen molar-refractivity contribution in [2.45, 2.75) is 45.9 Å². The van der Waals surface area contributed by atoms with Crippen LogP contribution in [0.4, 0.5) is 10.5 Å². The standard InChI is InChI=1S/C27H39N5O4/c1-6-12-29-27(34)30-21-10-11-24-23(14-21)26(33)31(4)17-25(35-5)19(2)15-32(20(3)18-36-24)16-22-9-7-8-13-28-22/h7-11,13-14,19-20,25H,6,12,15-18H2,1-5H3,(H2,29,30,34)/t19-,20+,25-/m1/s1. The number of hydrogen-bond donors (Lipinski definition) is 2. The summed E-state index contributed by atoms with van der Waals surface area (Å²) in [7, 11) is 3.45. The summed E-state index contributed by atoms with van der Waals surface area (Å²) in [6, 6.07) is 10.8. The van der Waals surface area contributed by atoms with Crippen molar-refractivity contribution in [3.8, 4) is 5.75 Å². The molecule has 2 aromatic rings. The number of aromatic nitrogens is 1. The summed E-state index contributed by atoms with van der Waals surface area (Å²) < 4.78 is 12.0. The van der Waals surface area contributed by atoms with E-state index >= 15 is 0 Å². The van der Waals surface area contributed by atoms with Gasteiger partial charge in [-0.25, -0.2) is 4.79 Å². The highest BCUT2D eigenvalue weighted by Crippen LogP contribution is 2.26. The number of nitrogens with one attached hydrogen (secondary N) is 2. The second kappa shape index (κ2) is 13.2. The number of rotatable bonds is 6. The second-order valence-corrected chi connectivity index (χ2v) is 9.44. The monoisotopic (exact) mass is 497 g/mol. The van der Waals surface area contributed by atoms with Gasteiger partial charge in [0.05, 0.1) is 17.4 Å². The van der Waals surface area contributed by atoms with Crippen molar-refractivity contribution in [1.82, 2.24) is 20.1 Å². The van der Waals surface area contributed by atoms with Gasteiger partial charge in [0.1, 0.15) is 12.4 Å². The lowest BCUT2D eigenvalue weighted by atomic mass is 10.0. The van der Waals surface area contributed by atoms with Gasteiger partial charge in [-0.05, 0) is 49.6 Å². The average Bonchev–Trinajstić information content (AvgIpc) is 2.88. The fraction of sp³-hybridized carbons (Fsp3) is 0.519. The molecule has 1 aliphatic rings. The predicted octanol–water partition coefficient (Wildman–Crippen LogP) is 3.62. The fourth-order valence-corrected chi connectivity index (χ4v) is 4.26. The quantitative estimate of drug-likeness (QED) is 0.633. The lowest BCUT2D eigenvalue weighted by molar-refractivity contribution is 0.00901. The molecule has 0 spiro atoms. The Balaban J connectivity index is 1.89. The maximum Gasteiger partial charge on any atom is 0.319 e. The van der Waals surface area contributed by atoms with E-state index in [2.05, 4.69) is 34.4 Å². The van der Waals surface area contributed by atoms with Gasteiger partial charge in [-0.3, -0.25) is 14.7 Å². The van der Waals surface area contributed by atoms with Crippen LogP contribution in [0.1, 0.15) is 43.2 Å². The number of likely N-dealkylation sites (N-methyl/N-ethyl adjacent to an activating group) is 1. The van der Waals surface area contributed by atoms with E-state index in [0.29, 0.717) is 43.2 Å². The van der Waals surface area contributed by atoms with Gasteiger partial charge >= 0.3 is 6.03 Å². The average molecular weight is 498 g/mol. The Bertz CT molecular complexity index is 1000. The van der Waals surface area contributed by atoms with Gasteiger partial charge in [-0.2, -0.15) is 0 Å². The minimum absolute atomic E-state index is 0.0599. The number of methoxy groups -OCH3 is 1. The molecular formula is C27H39N5O4. The van der Waals surface area contributed by atoms with Crippen LogP contribution in [0.3, 0.4) is 0 Å². The van der Waals surface area contributed by atoms with Crippen LogP contribution >= 0.6 is 0 Å². The number of carbonyl (C=O) groups excluding carboxylic acids is 2. The summed E-state index contributed by atoms with van der Waals surface area (Å²) in [5, 5.41) is 5.58. The molecule has 9 nitrogen and oxygen atoms in total. The van der Waals surface area contributed by atoms with Gasteiger partial charge in [0, 0.05) is 58.3 Å². The van der Waals surface area contributed by atoms with Crippen LogP contribution in [0.5, 0.6) is 5.75 Å². The molecule has 196 valence electrons. The first-order valence-corrected chi connectivity index (χ1v) is 12.6. The molecule has 0 bridgehead atoms. The van der Waals surface area contributed by atoms with Crippen LogP contribution in [0.2, 0.25) is 0 Å². The highest BCUT2D eigenvalue weighted by Gasteiger charge is 2.28. The zero-order valence-electron chi connectivity index (χ0n) is 22.0. The number of ether oxygens (including phenoxy) is 2. The molecule has 9 heteroatoms. The Morgan fingerprint density at radius 3 is 2.72 bits per heavy atom. The second-order valence-electron chi connectivity index (χ2n) is 9.44. The Morgan fingerprint density at radius 1 is 1.22 bits per heavy atom. The summed E-state index contributed by atoms with van der Waals surface area (Å²) in [4.78, 5) is 34.1. The molecule has 0 aliphatic carbocycles. The third-order valence-corrected chi connectivity index (χ3v) is 6.46. The summed E-state index contributed by atoms with van der Waals surface area (Å²) in [6.07, 6.45) is 2.49. The first-order valence-electron chi connectivity index (χ1n) is 12.6. The number of amides is 3. The SMILES string of the molecule is CCCNC(=O)Nc1ccc2c(c1)C(=O)N(C)C[C@@H](OC)[C@H](C)CN(Cc1ccccn1)[C@@H](C)CO2. The molecule has 1 aromatic heterocycles. The molecule has 2 N–H and O–H groups in total. The van der Waals surface area contributed by atoms with Crippen molar-refractivity contribution in [3.63, 3.8) is 0 Å². The maximum absolute atomic E-state index is 13.5. The van der Waals surface area contributed by atoms with Crippen LogP contribution in [0.15, 0.2) is 42.6 Å². The van der Waals surface area contributed by atoms with Gasteiger partial charge in [0.25, 0.3) is 5.91 Å². The third kappa shape index (κ3) is 7.41. The number of benzene rings is 1. The number of carbonyl (C=O) groups is 2. The number of hydrogen-bond acceptors (Lipinski definition) is 6. The van der Waals surface area contributed by atoms with Gasteiger partial charge < -0.3 is 25.0 Å². The zero-order chi connectivity index (χ0) is 26.1. The minimum Gasteiger partial charge on any atom is -0.491 e. The summed E-state index contributed by atoms with van der Waals surface area (Å²) in [5.41, 5.74) is 1.92. The van der Waals surface area contributed by atoms with Gasteiger partial charge in [-0.15, -0.1) is 0 Å². The highest BCUT2D eigenvalue weighted by atomic mass is 16.5. The van der Waals surface area contributed by atoms with Crippen LogP contribution in [-0.4, -0.2) is 79.3 Å². The molecule has 36 heavy (non-hydrogen) atoms. The minimum atomic E-state index is -0.307. The van der Waals surface area contributed by atoms with Gasteiger partial charge in [-0.1, -0.05) is 19.9 Å². The Labute approximate surface area is 214 Å². The lowest BCUT2D eigenvalue weighted by Crippen LogP contribution is -2.46. The molecule has 1 aromatic carbocycles. The van der Waals surface area contributed by atoms with Crippen LogP contribution in [-0.2, 0) is 11.3 Å². The predicted molar refractivity (Wildman–Crippen MR) is 140 cm³/mol. The third-order valence-electron chi connectivity index (χ3n) is 6.46. The number of nitrogens with zero attached hydrogens (tertiary/aromatic N) is 3. The van der Waals surface area contributed by atoms with E-state index in [0.717, 1.165) is 18.7 Å². The topological polar surface area (TPSA) is 96.0 Å². The molecule has 0 radical (unpaired) electrons. The van der Waals surface area contributed by atoms with E-state index in [-0.39, 0.29) is 30.0 Å². The van der Waals surface area contributed by atoms with Crippen molar-refractivity contribution in [2.75, 3.05) is 45.7 Å². The molecule has 0 fully saturated rings. The lowest BCUT2D eigenvalue weighted by Gasteiger charge is -2.35. The molecule has 0 unspecified atom stereocenters. The van der Waals surface area contributed by atoms with Crippen molar-refractivity contribution < 1.29 is 19.1 Å². The largest absolute Gasteiger partial charge is 0.491 e. The van der Waals surface area contributed by atoms with Crippen molar-refractivity contribution in [2.24, 2.45) is 5.92 Å². The summed E-state index contributed by atoms with van der Waals surface area (Å²) in [6.45, 7) is 9.09. The number of anilines is 1. The van der Waals surface area contributed by atoms with E-state index in [1.807, 2.05) is 25.1 Å². The molecule has 0 saturated carbocycles. The van der Waals surface area contributed by atoms with E-state index in [9.17, 15) is 9.59 Å². The molecule has 0 saturated heterocycles. The summed E-state index contributed by atoms with van der Waals surface area (Å²) in [5.74, 6) is 0.458. The smallest absolute Gasteiger partial charge is 0.319 e. The molecule has 2 heterocycles. The van der Waals surface area contributed by atoms with Crippen molar-refractivity contribution in [3.05, 3.63) is 53.9 Å². The zero-order valence-corrected chi connectivity index (χ0v) is 22.0. The highest BCUT2D eigenvalue weighted by molar-refractivity contribution is 5.99. The Hall–Kier alpha value is -3.17. The first-order chi connectivity index (χ1) is 17.3. The Kier molecular flexibility index (Phi) is 10.1. The molecule has 1 aliphatic heterocycles. The first kappa shape index (κ1) is 27.4. The van der Waals surface area contributed by atoms with Crippen LogP contribution in [0.25, 0.3) is 0 Å². The number of pyridine rings is 1. The fourth-order valence-electron chi connectivity index (χ4n) is 4.26. The van der Waals surface area contributed by atoms with Crippen LogP contribution < -0.4 is 15.4 Å². The normalized spacial score (nSPS) is 21.5. The van der Waals surface area contributed by atoms with E-state index in [4.69, 9.17) is 9.47 Å².